The van der Waals surface area contributed by atoms with E-state index in [2.05, 4.69) is 48.8 Å². The molecule has 0 saturated carbocycles. The number of rotatable bonds is 6. The minimum absolute atomic E-state index is 0.782. The summed E-state index contributed by atoms with van der Waals surface area (Å²) >= 11 is 0. The molecule has 0 aliphatic carbocycles. The molecule has 1 unspecified atom stereocenters. The van der Waals surface area contributed by atoms with Crippen LogP contribution in [0.2, 0.25) is 0 Å². The van der Waals surface area contributed by atoms with Crippen LogP contribution in [0.15, 0.2) is 23.5 Å². The first-order valence-corrected chi connectivity index (χ1v) is 10.4. The van der Waals surface area contributed by atoms with Crippen LogP contribution in [0.5, 0.6) is 0 Å². The molecule has 1 aromatic heterocycles. The van der Waals surface area contributed by atoms with E-state index in [1.807, 2.05) is 25.5 Å². The van der Waals surface area contributed by atoms with E-state index < -0.39 is 0 Å². The third-order valence-electron chi connectivity index (χ3n) is 5.52. The summed E-state index contributed by atoms with van der Waals surface area (Å²) in [6.07, 6.45) is 6.24. The lowest BCUT2D eigenvalue weighted by atomic mass is 9.97. The first-order valence-electron chi connectivity index (χ1n) is 10.4. The zero-order chi connectivity index (χ0) is 19.1. The van der Waals surface area contributed by atoms with Crippen LogP contribution in [0.3, 0.4) is 0 Å². The normalized spacial score (nSPS) is 21.9. The highest BCUT2D eigenvalue weighted by atomic mass is 15.3. The molecule has 2 aliphatic rings. The Hall–Kier alpha value is -1.89. The lowest BCUT2D eigenvalue weighted by Gasteiger charge is -2.34. The Labute approximate surface area is 163 Å². The van der Waals surface area contributed by atoms with Crippen LogP contribution in [-0.2, 0) is 0 Å². The molecule has 1 atom stereocenters. The summed E-state index contributed by atoms with van der Waals surface area (Å²) in [5, 5.41) is 3.57. The van der Waals surface area contributed by atoms with Gasteiger partial charge in [0.25, 0.3) is 0 Å². The van der Waals surface area contributed by atoms with E-state index in [0.29, 0.717) is 0 Å². The Bertz CT molecular complexity index is 581. The number of anilines is 1. The van der Waals surface area contributed by atoms with Crippen molar-refractivity contribution in [2.75, 3.05) is 64.3 Å². The van der Waals surface area contributed by atoms with Crippen LogP contribution in [0, 0.1) is 11.8 Å². The van der Waals surface area contributed by atoms with Crippen molar-refractivity contribution in [1.82, 2.24) is 25.1 Å². The van der Waals surface area contributed by atoms with Crippen LogP contribution in [0.4, 0.5) is 5.95 Å². The molecule has 2 saturated heterocycles. The highest BCUT2D eigenvalue weighted by Crippen LogP contribution is 2.23. The summed E-state index contributed by atoms with van der Waals surface area (Å²) in [6, 6.07) is 1.86. The third-order valence-corrected chi connectivity index (χ3v) is 5.52. The summed E-state index contributed by atoms with van der Waals surface area (Å²) in [4.78, 5) is 20.4. The fourth-order valence-electron chi connectivity index (χ4n) is 4.17. The van der Waals surface area contributed by atoms with Crippen molar-refractivity contribution in [2.24, 2.45) is 16.8 Å². The molecule has 7 nitrogen and oxygen atoms in total. The van der Waals surface area contributed by atoms with Crippen molar-refractivity contribution in [3.05, 3.63) is 18.5 Å². The van der Waals surface area contributed by atoms with Crippen LogP contribution in [0.1, 0.15) is 26.7 Å². The number of hydrogen-bond acceptors (Lipinski definition) is 5. The molecular weight excluding hydrogens is 338 g/mol. The zero-order valence-corrected chi connectivity index (χ0v) is 17.1. The number of aromatic nitrogens is 2. The lowest BCUT2D eigenvalue weighted by molar-refractivity contribution is 0.259. The van der Waals surface area contributed by atoms with Crippen molar-refractivity contribution in [1.29, 1.82) is 0 Å². The maximum absolute atomic E-state index is 4.51. The first-order chi connectivity index (χ1) is 13.2. The summed E-state index contributed by atoms with van der Waals surface area (Å²) in [6.45, 7) is 13.0. The molecule has 3 heterocycles. The second-order valence-electron chi connectivity index (χ2n) is 8.08. The van der Waals surface area contributed by atoms with E-state index in [-0.39, 0.29) is 0 Å². The number of guanidine groups is 1. The van der Waals surface area contributed by atoms with Gasteiger partial charge in [-0.3, -0.25) is 9.89 Å². The van der Waals surface area contributed by atoms with Gasteiger partial charge in [-0.15, -0.1) is 0 Å². The molecule has 0 bridgehead atoms. The van der Waals surface area contributed by atoms with E-state index in [9.17, 15) is 0 Å². The van der Waals surface area contributed by atoms with E-state index in [1.165, 1.54) is 12.8 Å². The predicted molar refractivity (Wildman–Crippen MR) is 111 cm³/mol. The second kappa shape index (κ2) is 9.88. The standard InChI is InChI=1S/C20H35N7/c1-17(2)15-18-5-9-27(16-18)19(21-3)24-8-10-25-11-13-26(14-12-25)20-22-6-4-7-23-20/h4,6-7,17-18H,5,8-16H2,1-3H3,(H,21,24). The summed E-state index contributed by atoms with van der Waals surface area (Å²) in [5.41, 5.74) is 0. The van der Waals surface area contributed by atoms with Gasteiger partial charge in [-0.25, -0.2) is 9.97 Å². The molecule has 0 radical (unpaired) electrons. The largest absolute Gasteiger partial charge is 0.355 e. The van der Waals surface area contributed by atoms with Crippen LogP contribution in [-0.4, -0.2) is 85.1 Å². The van der Waals surface area contributed by atoms with Gasteiger partial charge in [0.1, 0.15) is 0 Å². The van der Waals surface area contributed by atoms with Gasteiger partial charge in [-0.05, 0) is 30.7 Å². The van der Waals surface area contributed by atoms with Crippen molar-refractivity contribution < 1.29 is 0 Å². The smallest absolute Gasteiger partial charge is 0.225 e. The summed E-state index contributed by atoms with van der Waals surface area (Å²) in [7, 11) is 1.90. The first kappa shape index (κ1) is 19.9. The zero-order valence-electron chi connectivity index (χ0n) is 17.1. The Balaban J connectivity index is 1.36. The fourth-order valence-corrected chi connectivity index (χ4v) is 4.17. The molecule has 0 aromatic carbocycles. The van der Waals surface area contributed by atoms with Crippen LogP contribution < -0.4 is 10.2 Å². The number of likely N-dealkylation sites (tertiary alicyclic amines) is 1. The summed E-state index contributed by atoms with van der Waals surface area (Å²) < 4.78 is 0. The minimum Gasteiger partial charge on any atom is -0.355 e. The van der Waals surface area contributed by atoms with Gasteiger partial charge in [0.05, 0.1) is 0 Å². The van der Waals surface area contributed by atoms with Crippen LogP contribution in [0.25, 0.3) is 0 Å². The predicted octanol–water partition coefficient (Wildman–Crippen LogP) is 1.54. The van der Waals surface area contributed by atoms with Crippen molar-refractivity contribution in [3.8, 4) is 0 Å². The topological polar surface area (TPSA) is 59.9 Å². The molecule has 0 spiro atoms. The molecular formula is C20H35N7. The van der Waals surface area contributed by atoms with E-state index in [0.717, 1.165) is 76.1 Å². The number of nitrogens with zero attached hydrogens (tertiary/aromatic N) is 6. The maximum atomic E-state index is 4.51. The minimum atomic E-state index is 0.782. The third kappa shape index (κ3) is 5.79. The quantitative estimate of drug-likeness (QED) is 0.603. The van der Waals surface area contributed by atoms with Gasteiger partial charge in [0.15, 0.2) is 5.96 Å². The molecule has 3 rings (SSSR count). The Morgan fingerprint density at radius 1 is 1.19 bits per heavy atom. The highest BCUT2D eigenvalue weighted by molar-refractivity contribution is 5.80. The SMILES string of the molecule is CN=C(NCCN1CCN(c2ncccn2)CC1)N1CCC(CC(C)C)C1. The molecule has 2 aliphatic heterocycles. The highest BCUT2D eigenvalue weighted by Gasteiger charge is 2.25. The molecule has 150 valence electrons. The fraction of sp³-hybridized carbons (Fsp3) is 0.750. The van der Waals surface area contributed by atoms with Gasteiger partial charge >= 0.3 is 0 Å². The molecule has 2 fully saturated rings. The Morgan fingerprint density at radius 3 is 2.59 bits per heavy atom. The van der Waals surface area contributed by atoms with Crippen LogP contribution >= 0.6 is 0 Å². The molecule has 1 aromatic rings. The Morgan fingerprint density at radius 2 is 1.93 bits per heavy atom. The van der Waals surface area contributed by atoms with Gasteiger partial charge in [0, 0.05) is 71.8 Å². The van der Waals surface area contributed by atoms with E-state index >= 15 is 0 Å². The summed E-state index contributed by atoms with van der Waals surface area (Å²) in [5.74, 6) is 3.51. The molecule has 27 heavy (non-hydrogen) atoms. The van der Waals surface area contributed by atoms with Gasteiger partial charge in [0.2, 0.25) is 5.95 Å². The van der Waals surface area contributed by atoms with Crippen molar-refractivity contribution >= 4 is 11.9 Å². The lowest BCUT2D eigenvalue weighted by Crippen LogP contribution is -2.50. The Kier molecular flexibility index (Phi) is 7.26. The van der Waals surface area contributed by atoms with E-state index in [4.69, 9.17) is 0 Å². The molecule has 1 N–H and O–H groups in total. The average molecular weight is 374 g/mol. The van der Waals surface area contributed by atoms with Gasteiger partial charge in [-0.1, -0.05) is 13.8 Å². The average Bonchev–Trinajstić information content (AvgIpc) is 3.14. The van der Waals surface area contributed by atoms with Crippen molar-refractivity contribution in [3.63, 3.8) is 0 Å². The number of aliphatic imine (C=N–C) groups is 1. The number of hydrogen-bond donors (Lipinski definition) is 1. The number of nitrogens with one attached hydrogen (secondary N) is 1. The van der Waals surface area contributed by atoms with Gasteiger partial charge < -0.3 is 15.1 Å². The second-order valence-corrected chi connectivity index (χ2v) is 8.08. The molecule has 7 heteroatoms. The number of piperazine rings is 1. The monoisotopic (exact) mass is 373 g/mol. The van der Waals surface area contributed by atoms with Gasteiger partial charge in [-0.2, -0.15) is 0 Å². The molecule has 0 amide bonds. The maximum Gasteiger partial charge on any atom is 0.225 e. The van der Waals surface area contributed by atoms with Crippen molar-refractivity contribution in [2.45, 2.75) is 26.7 Å². The van der Waals surface area contributed by atoms with E-state index in [1.54, 1.807) is 0 Å².